The standard InChI is InChI=1S/C29H29F3N2O5/c1-18-8-10-20(11-9-18)27(35)34(17-19-5-3-6-21(15-19)38-2)25-13-12-22(16-23(25)28(36)37)39-26-24(29(30,31)32)7-4-14-33-26/h3-7,12-16,18,20H,8-11,17H2,1-2H3,(H,36,37). The fourth-order valence-electron chi connectivity index (χ4n) is 4.75. The highest BCUT2D eigenvalue weighted by Gasteiger charge is 2.36. The predicted octanol–water partition coefficient (Wildman–Crippen LogP) is 6.96. The molecule has 1 N–H and O–H groups in total. The largest absolute Gasteiger partial charge is 0.497 e. The molecule has 0 saturated heterocycles. The predicted molar refractivity (Wildman–Crippen MR) is 138 cm³/mol. The Hall–Kier alpha value is -4.08. The number of carbonyl (C=O) groups excluding carboxylic acids is 1. The molecule has 0 radical (unpaired) electrons. The molecule has 0 unspecified atom stereocenters. The van der Waals surface area contributed by atoms with E-state index in [1.807, 2.05) is 6.07 Å². The third-order valence-electron chi connectivity index (χ3n) is 6.89. The van der Waals surface area contributed by atoms with Gasteiger partial charge in [-0.1, -0.05) is 19.1 Å². The first-order valence-corrected chi connectivity index (χ1v) is 12.6. The zero-order valence-electron chi connectivity index (χ0n) is 21.6. The quantitative estimate of drug-likeness (QED) is 0.331. The van der Waals surface area contributed by atoms with Crippen LogP contribution < -0.4 is 14.4 Å². The lowest BCUT2D eigenvalue weighted by molar-refractivity contribution is -0.138. The summed E-state index contributed by atoms with van der Waals surface area (Å²) in [5.74, 6) is -1.58. The van der Waals surface area contributed by atoms with Crippen LogP contribution in [-0.4, -0.2) is 29.1 Å². The van der Waals surface area contributed by atoms with Gasteiger partial charge in [-0.2, -0.15) is 13.2 Å². The van der Waals surface area contributed by atoms with Gasteiger partial charge in [-0.05, 0) is 79.6 Å². The molecule has 10 heteroatoms. The van der Waals surface area contributed by atoms with Gasteiger partial charge in [0.1, 0.15) is 17.1 Å². The summed E-state index contributed by atoms with van der Waals surface area (Å²) in [6, 6.07) is 12.9. The minimum atomic E-state index is -4.71. The lowest BCUT2D eigenvalue weighted by Crippen LogP contribution is -2.38. The number of aromatic carboxylic acids is 1. The number of pyridine rings is 1. The number of nitrogens with zero attached hydrogens (tertiary/aromatic N) is 2. The number of methoxy groups -OCH3 is 1. The smallest absolute Gasteiger partial charge is 0.421 e. The first-order valence-electron chi connectivity index (χ1n) is 12.6. The van der Waals surface area contributed by atoms with E-state index in [4.69, 9.17) is 9.47 Å². The van der Waals surface area contributed by atoms with Crippen LogP contribution in [0.15, 0.2) is 60.8 Å². The topological polar surface area (TPSA) is 89.0 Å². The number of hydrogen-bond donors (Lipinski definition) is 1. The summed E-state index contributed by atoms with van der Waals surface area (Å²) in [6.45, 7) is 2.22. The normalized spacial score (nSPS) is 17.4. The number of carboxylic acids is 1. The van der Waals surface area contributed by atoms with Crippen molar-refractivity contribution < 1.29 is 37.3 Å². The van der Waals surface area contributed by atoms with E-state index in [0.29, 0.717) is 24.5 Å². The fraction of sp³-hybridized carbons (Fsp3) is 0.345. The van der Waals surface area contributed by atoms with Crippen molar-refractivity contribution in [1.82, 2.24) is 4.98 Å². The summed E-state index contributed by atoms with van der Waals surface area (Å²) in [7, 11) is 1.53. The number of halogens is 3. The highest BCUT2D eigenvalue weighted by atomic mass is 19.4. The summed E-state index contributed by atoms with van der Waals surface area (Å²) in [6.07, 6.45) is -0.384. The second-order valence-corrected chi connectivity index (χ2v) is 9.67. The maximum absolute atomic E-state index is 13.8. The van der Waals surface area contributed by atoms with Crippen LogP contribution in [0.25, 0.3) is 0 Å². The Kier molecular flexibility index (Phi) is 8.42. The van der Waals surface area contributed by atoms with E-state index in [-0.39, 0.29) is 35.4 Å². The highest BCUT2D eigenvalue weighted by Crippen LogP contribution is 2.38. The van der Waals surface area contributed by atoms with Gasteiger partial charge in [-0.25, -0.2) is 9.78 Å². The van der Waals surface area contributed by atoms with Crippen molar-refractivity contribution in [2.45, 2.75) is 45.3 Å². The van der Waals surface area contributed by atoms with Gasteiger partial charge in [-0.15, -0.1) is 0 Å². The second kappa shape index (κ2) is 11.8. The maximum Gasteiger partial charge on any atom is 0.421 e. The number of rotatable bonds is 8. The molecule has 39 heavy (non-hydrogen) atoms. The van der Waals surface area contributed by atoms with Crippen LogP contribution >= 0.6 is 0 Å². The molecule has 1 aliphatic rings. The summed E-state index contributed by atoms with van der Waals surface area (Å²) in [5.41, 5.74) is -0.519. The van der Waals surface area contributed by atoms with Gasteiger partial charge in [0, 0.05) is 12.1 Å². The van der Waals surface area contributed by atoms with Crippen molar-refractivity contribution >= 4 is 17.6 Å². The van der Waals surface area contributed by atoms with E-state index in [9.17, 15) is 27.9 Å². The lowest BCUT2D eigenvalue weighted by atomic mass is 9.82. The summed E-state index contributed by atoms with van der Waals surface area (Å²) in [4.78, 5) is 31.3. The van der Waals surface area contributed by atoms with Crippen molar-refractivity contribution in [2.75, 3.05) is 12.0 Å². The lowest BCUT2D eigenvalue weighted by Gasteiger charge is -2.32. The molecule has 206 valence electrons. The van der Waals surface area contributed by atoms with Crippen LogP contribution in [0.3, 0.4) is 0 Å². The van der Waals surface area contributed by atoms with Gasteiger partial charge < -0.3 is 19.5 Å². The number of benzene rings is 2. The Morgan fingerprint density at radius 3 is 2.44 bits per heavy atom. The van der Waals surface area contributed by atoms with Crippen molar-refractivity contribution in [3.8, 4) is 17.4 Å². The van der Waals surface area contributed by atoms with Gasteiger partial charge in [0.2, 0.25) is 11.8 Å². The molecule has 0 atom stereocenters. The van der Waals surface area contributed by atoms with Crippen molar-refractivity contribution in [1.29, 1.82) is 0 Å². The molecule has 4 rings (SSSR count). The van der Waals surface area contributed by atoms with Crippen LogP contribution in [0.2, 0.25) is 0 Å². The van der Waals surface area contributed by atoms with Crippen molar-refractivity contribution in [2.24, 2.45) is 11.8 Å². The Labute approximate surface area is 224 Å². The van der Waals surface area contributed by atoms with Crippen molar-refractivity contribution in [3.63, 3.8) is 0 Å². The summed E-state index contributed by atoms with van der Waals surface area (Å²) >= 11 is 0. The third-order valence-corrected chi connectivity index (χ3v) is 6.89. The summed E-state index contributed by atoms with van der Waals surface area (Å²) < 4.78 is 50.9. The monoisotopic (exact) mass is 542 g/mol. The number of amides is 1. The van der Waals surface area contributed by atoms with E-state index < -0.39 is 23.6 Å². The Bertz CT molecular complexity index is 1340. The molecule has 1 aromatic heterocycles. The van der Waals surface area contributed by atoms with E-state index in [0.717, 1.165) is 42.8 Å². The van der Waals surface area contributed by atoms with Gasteiger partial charge in [0.25, 0.3) is 0 Å². The van der Waals surface area contributed by atoms with Gasteiger partial charge in [-0.3, -0.25) is 4.79 Å². The zero-order chi connectivity index (χ0) is 28.2. The third kappa shape index (κ3) is 6.68. The Morgan fingerprint density at radius 2 is 1.77 bits per heavy atom. The van der Waals surface area contributed by atoms with Crippen LogP contribution in [0.5, 0.6) is 17.4 Å². The average Bonchev–Trinajstić information content (AvgIpc) is 2.91. The number of anilines is 1. The molecule has 1 heterocycles. The van der Waals surface area contributed by atoms with Crippen LogP contribution in [0, 0.1) is 11.8 Å². The molecule has 0 spiro atoms. The van der Waals surface area contributed by atoms with Gasteiger partial charge in [0.05, 0.1) is 24.9 Å². The van der Waals surface area contributed by atoms with E-state index in [2.05, 4.69) is 11.9 Å². The Morgan fingerprint density at radius 1 is 1.03 bits per heavy atom. The number of ether oxygens (including phenoxy) is 2. The number of hydrogen-bond acceptors (Lipinski definition) is 5. The number of carboxylic acid groups (broad SMARTS) is 1. The molecule has 2 aromatic carbocycles. The number of carbonyl (C=O) groups is 2. The highest BCUT2D eigenvalue weighted by molar-refractivity contribution is 6.03. The molecule has 1 saturated carbocycles. The molecule has 1 aliphatic carbocycles. The molecular formula is C29H29F3N2O5. The van der Waals surface area contributed by atoms with Crippen LogP contribution in [0.1, 0.15) is 54.1 Å². The molecule has 0 bridgehead atoms. The van der Waals surface area contributed by atoms with E-state index in [1.54, 1.807) is 18.2 Å². The minimum Gasteiger partial charge on any atom is -0.497 e. The van der Waals surface area contributed by atoms with Crippen molar-refractivity contribution in [3.05, 3.63) is 77.5 Å². The number of alkyl halides is 3. The van der Waals surface area contributed by atoms with E-state index >= 15 is 0 Å². The van der Waals surface area contributed by atoms with Gasteiger partial charge in [0.15, 0.2) is 0 Å². The number of aromatic nitrogens is 1. The molecule has 1 fully saturated rings. The molecule has 1 amide bonds. The minimum absolute atomic E-state index is 0.0844. The van der Waals surface area contributed by atoms with E-state index in [1.165, 1.54) is 24.1 Å². The maximum atomic E-state index is 13.8. The summed E-state index contributed by atoms with van der Waals surface area (Å²) in [5, 5.41) is 10.1. The molecule has 0 aliphatic heterocycles. The van der Waals surface area contributed by atoms with Gasteiger partial charge >= 0.3 is 12.1 Å². The fourth-order valence-corrected chi connectivity index (χ4v) is 4.75. The SMILES string of the molecule is COc1cccc(CN(C(=O)C2CCC(C)CC2)c2ccc(Oc3ncccc3C(F)(F)F)cc2C(=O)O)c1. The Balaban J connectivity index is 1.73. The zero-order valence-corrected chi connectivity index (χ0v) is 21.6. The molecule has 7 nitrogen and oxygen atoms in total. The first-order chi connectivity index (χ1) is 18.6. The van der Waals surface area contributed by atoms with Crippen LogP contribution in [0.4, 0.5) is 18.9 Å². The first kappa shape index (κ1) is 27.9. The second-order valence-electron chi connectivity index (χ2n) is 9.67. The average molecular weight is 543 g/mol. The molecule has 3 aromatic rings. The van der Waals surface area contributed by atoms with Crippen LogP contribution in [-0.2, 0) is 17.5 Å². The molecular weight excluding hydrogens is 513 g/mol.